The molecular formula is C23H21BrClNO4S. The molecular weight excluding hydrogens is 502 g/mol. The van der Waals surface area contributed by atoms with E-state index in [0.717, 1.165) is 26.2 Å². The van der Waals surface area contributed by atoms with Gasteiger partial charge in [0.15, 0.2) is 11.5 Å². The number of fused-ring (bicyclic) bond motifs is 2. The van der Waals surface area contributed by atoms with Gasteiger partial charge in [-0.2, -0.15) is 0 Å². The first-order valence-electron chi connectivity index (χ1n) is 9.61. The Labute approximate surface area is 199 Å². The van der Waals surface area contributed by atoms with E-state index in [9.17, 15) is 4.79 Å². The van der Waals surface area contributed by atoms with E-state index in [2.05, 4.69) is 15.9 Å². The van der Waals surface area contributed by atoms with Gasteiger partial charge in [0.05, 0.1) is 32.6 Å². The molecule has 4 rings (SSSR count). The minimum atomic E-state index is -0.947. The van der Waals surface area contributed by atoms with Gasteiger partial charge < -0.3 is 19.1 Å². The summed E-state index contributed by atoms with van der Waals surface area (Å²) in [7, 11) is 4.71. The van der Waals surface area contributed by atoms with E-state index in [1.165, 1.54) is 11.8 Å². The number of ether oxygens (including phenoxy) is 3. The number of benzene rings is 2. The number of rotatable bonds is 5. The molecule has 0 fully saturated rings. The number of hydrogen-bond acceptors (Lipinski definition) is 5. The van der Waals surface area contributed by atoms with Crippen LogP contribution in [0.4, 0.5) is 5.69 Å². The quantitative estimate of drug-likeness (QED) is 0.482. The first-order chi connectivity index (χ1) is 14.9. The Balaban J connectivity index is 1.90. The minimum Gasteiger partial charge on any atom is -0.493 e. The largest absolute Gasteiger partial charge is 0.493 e. The van der Waals surface area contributed by atoms with Gasteiger partial charge in [0.1, 0.15) is 4.75 Å². The van der Waals surface area contributed by atoms with Crippen molar-refractivity contribution in [2.45, 2.75) is 11.7 Å². The average Bonchev–Trinajstić information content (AvgIpc) is 3.33. The maximum atomic E-state index is 13.7. The Morgan fingerprint density at radius 3 is 2.39 bits per heavy atom. The van der Waals surface area contributed by atoms with Crippen LogP contribution < -0.4 is 19.1 Å². The van der Waals surface area contributed by atoms with Crippen molar-refractivity contribution >= 4 is 55.4 Å². The van der Waals surface area contributed by atoms with E-state index in [1.54, 1.807) is 26.2 Å². The highest BCUT2D eigenvalue weighted by Crippen LogP contribution is 2.63. The van der Waals surface area contributed by atoms with Crippen molar-refractivity contribution in [3.63, 3.8) is 0 Å². The number of hydrogen-bond donors (Lipinski definition) is 0. The third-order valence-corrected chi connectivity index (χ3v) is 8.20. The molecule has 1 spiro atoms. The van der Waals surface area contributed by atoms with Gasteiger partial charge in [0.25, 0.3) is 5.91 Å². The van der Waals surface area contributed by atoms with Crippen molar-refractivity contribution in [1.82, 2.24) is 0 Å². The number of carbonyl (C=O) groups excluding carboxylic acids is 1. The van der Waals surface area contributed by atoms with Crippen molar-refractivity contribution in [2.75, 3.05) is 32.8 Å². The summed E-state index contributed by atoms with van der Waals surface area (Å²) in [6.07, 6.45) is 3.91. The Morgan fingerprint density at radius 2 is 1.81 bits per heavy atom. The molecule has 2 aliphatic heterocycles. The number of amides is 1. The van der Waals surface area contributed by atoms with Gasteiger partial charge in [-0.25, -0.2) is 0 Å². The van der Waals surface area contributed by atoms with Crippen LogP contribution in [0.25, 0.3) is 4.48 Å². The Morgan fingerprint density at radius 1 is 1.13 bits per heavy atom. The highest BCUT2D eigenvalue weighted by molar-refractivity contribution is 9.15. The molecule has 162 valence electrons. The molecule has 0 aliphatic carbocycles. The summed E-state index contributed by atoms with van der Waals surface area (Å²) < 4.78 is 16.8. The number of nitrogens with zero attached hydrogens (tertiary/aromatic N) is 1. The summed E-state index contributed by atoms with van der Waals surface area (Å²) in [4.78, 5) is 16.4. The number of likely N-dealkylation sites (N-methyl/N-ethyl adjacent to an activating group) is 1. The van der Waals surface area contributed by atoms with Crippen molar-refractivity contribution in [1.29, 1.82) is 0 Å². The zero-order chi connectivity index (χ0) is 22.3. The standard InChI is InChI=1S/C23H21BrClNO4S/c1-5-26-15-12-16(28-2)20(29-3)21(30-4)18(15)23(22(26)27)11-10-17(31-23)19(24)13-6-8-14(25)9-7-13/h6-12H,5H2,1-4H3/b19-17+. The summed E-state index contributed by atoms with van der Waals surface area (Å²) in [6.45, 7) is 2.48. The van der Waals surface area contributed by atoms with E-state index < -0.39 is 4.75 Å². The fourth-order valence-corrected chi connectivity index (χ4v) is 6.07. The number of methoxy groups -OCH3 is 3. The normalized spacial score (nSPS) is 21.0. The Hall–Kier alpha value is -2.09. The van der Waals surface area contributed by atoms with Crippen LogP contribution in [-0.2, 0) is 9.54 Å². The van der Waals surface area contributed by atoms with Crippen molar-refractivity contribution in [2.24, 2.45) is 0 Å². The smallest absolute Gasteiger partial charge is 0.252 e. The van der Waals surface area contributed by atoms with Crippen LogP contribution in [-0.4, -0.2) is 33.8 Å². The summed E-state index contributed by atoms with van der Waals surface area (Å²) in [5.41, 5.74) is 2.51. The summed E-state index contributed by atoms with van der Waals surface area (Å²) >= 11 is 11.2. The number of anilines is 1. The van der Waals surface area contributed by atoms with E-state index in [1.807, 2.05) is 49.4 Å². The van der Waals surface area contributed by atoms with Crippen LogP contribution in [0.1, 0.15) is 18.1 Å². The van der Waals surface area contributed by atoms with Crippen molar-refractivity contribution in [3.8, 4) is 17.2 Å². The van der Waals surface area contributed by atoms with Gasteiger partial charge in [-0.05, 0) is 46.6 Å². The molecule has 2 aliphatic rings. The van der Waals surface area contributed by atoms with Gasteiger partial charge in [-0.3, -0.25) is 4.79 Å². The molecule has 0 N–H and O–H groups in total. The molecule has 1 amide bonds. The lowest BCUT2D eigenvalue weighted by Crippen LogP contribution is -2.35. The Kier molecular flexibility index (Phi) is 6.03. The molecule has 8 heteroatoms. The highest BCUT2D eigenvalue weighted by atomic mass is 79.9. The lowest BCUT2D eigenvalue weighted by Gasteiger charge is -2.23. The molecule has 1 atom stereocenters. The molecule has 0 saturated heterocycles. The molecule has 31 heavy (non-hydrogen) atoms. The summed E-state index contributed by atoms with van der Waals surface area (Å²) in [5.74, 6) is 1.47. The van der Waals surface area contributed by atoms with Gasteiger partial charge >= 0.3 is 0 Å². The Bertz CT molecular complexity index is 1120. The number of carbonyl (C=O) groups is 1. The van der Waals surface area contributed by atoms with Gasteiger partial charge in [0.2, 0.25) is 5.75 Å². The van der Waals surface area contributed by atoms with Crippen molar-refractivity contribution in [3.05, 3.63) is 63.5 Å². The first-order valence-corrected chi connectivity index (χ1v) is 11.6. The van der Waals surface area contributed by atoms with Crippen LogP contribution in [0.15, 0.2) is 47.4 Å². The molecule has 0 saturated carbocycles. The van der Waals surface area contributed by atoms with Crippen LogP contribution >= 0.6 is 39.3 Å². The van der Waals surface area contributed by atoms with Crippen LogP contribution in [0.5, 0.6) is 17.2 Å². The average molecular weight is 523 g/mol. The van der Waals surface area contributed by atoms with Gasteiger partial charge in [0, 0.05) is 27.0 Å². The number of halogens is 2. The SMILES string of the molecule is CCN1C(=O)C2(C=C/C(=C(\Br)c3ccc(Cl)cc3)S2)c2c1cc(OC)c(OC)c2OC. The van der Waals surface area contributed by atoms with Crippen LogP contribution in [0.2, 0.25) is 5.02 Å². The van der Waals surface area contributed by atoms with E-state index in [0.29, 0.717) is 28.8 Å². The maximum absolute atomic E-state index is 13.7. The summed E-state index contributed by atoms with van der Waals surface area (Å²) in [6, 6.07) is 9.41. The number of thioether (sulfide) groups is 1. The van der Waals surface area contributed by atoms with E-state index in [4.69, 9.17) is 25.8 Å². The predicted octanol–water partition coefficient (Wildman–Crippen LogP) is 5.99. The minimum absolute atomic E-state index is 0.0220. The lowest BCUT2D eigenvalue weighted by atomic mass is 9.97. The molecule has 0 aromatic heterocycles. The molecule has 1 unspecified atom stereocenters. The molecule has 2 aromatic rings. The molecule has 0 bridgehead atoms. The third kappa shape index (κ3) is 3.34. The number of allylic oxidation sites excluding steroid dienone is 1. The highest BCUT2D eigenvalue weighted by Gasteiger charge is 2.55. The molecule has 0 radical (unpaired) electrons. The fourth-order valence-electron chi connectivity index (χ4n) is 3.99. The predicted molar refractivity (Wildman–Crippen MR) is 130 cm³/mol. The van der Waals surface area contributed by atoms with Gasteiger partial charge in [-0.1, -0.05) is 41.6 Å². The zero-order valence-electron chi connectivity index (χ0n) is 17.5. The second-order valence-corrected chi connectivity index (χ2v) is 9.46. The van der Waals surface area contributed by atoms with Crippen LogP contribution in [0.3, 0.4) is 0 Å². The topological polar surface area (TPSA) is 48.0 Å². The fraction of sp³-hybridized carbons (Fsp3) is 0.261. The molecule has 5 nitrogen and oxygen atoms in total. The van der Waals surface area contributed by atoms with Crippen LogP contribution in [0, 0.1) is 0 Å². The molecule has 2 aromatic carbocycles. The summed E-state index contributed by atoms with van der Waals surface area (Å²) in [5, 5.41) is 0.671. The van der Waals surface area contributed by atoms with E-state index >= 15 is 0 Å². The van der Waals surface area contributed by atoms with E-state index in [-0.39, 0.29) is 5.91 Å². The third-order valence-electron chi connectivity index (χ3n) is 5.40. The monoisotopic (exact) mass is 521 g/mol. The lowest BCUT2D eigenvalue weighted by molar-refractivity contribution is -0.119. The van der Waals surface area contributed by atoms with Crippen molar-refractivity contribution < 1.29 is 19.0 Å². The first kappa shape index (κ1) is 22.1. The van der Waals surface area contributed by atoms with Gasteiger partial charge in [-0.15, -0.1) is 0 Å². The zero-order valence-corrected chi connectivity index (χ0v) is 20.7. The maximum Gasteiger partial charge on any atom is 0.252 e. The second kappa shape index (κ2) is 8.45. The second-order valence-electron chi connectivity index (χ2n) is 6.95. The molecule has 2 heterocycles.